The van der Waals surface area contributed by atoms with Crippen LogP contribution >= 0.6 is 0 Å². The number of carbonyl (C=O) groups is 3. The maximum atomic E-state index is 13.8. The molecule has 0 aliphatic heterocycles. The lowest BCUT2D eigenvalue weighted by Crippen LogP contribution is -2.17. The van der Waals surface area contributed by atoms with Crippen molar-refractivity contribution in [2.75, 3.05) is 13.2 Å². The molecule has 32 heavy (non-hydrogen) atoms. The van der Waals surface area contributed by atoms with E-state index in [1.807, 2.05) is 49.4 Å². The van der Waals surface area contributed by atoms with Crippen molar-refractivity contribution in [2.45, 2.75) is 20.8 Å². The zero-order chi connectivity index (χ0) is 22.8. The largest absolute Gasteiger partial charge is 0.462 e. The second-order valence-electron chi connectivity index (χ2n) is 7.30. The summed E-state index contributed by atoms with van der Waals surface area (Å²) in [6, 6.07) is 18.2. The van der Waals surface area contributed by atoms with E-state index in [0.29, 0.717) is 16.6 Å². The number of para-hydroxylation sites is 1. The molecule has 0 saturated heterocycles. The molecule has 2 aromatic heterocycles. The zero-order valence-corrected chi connectivity index (χ0v) is 18.2. The van der Waals surface area contributed by atoms with Crippen molar-refractivity contribution in [3.8, 4) is 0 Å². The van der Waals surface area contributed by atoms with E-state index >= 15 is 0 Å². The van der Waals surface area contributed by atoms with Crippen LogP contribution in [0.2, 0.25) is 0 Å². The molecule has 0 fully saturated rings. The molecule has 0 bridgehead atoms. The number of hydrogen-bond acceptors (Lipinski definition) is 5. The van der Waals surface area contributed by atoms with E-state index in [9.17, 15) is 14.4 Å². The van der Waals surface area contributed by atoms with Gasteiger partial charge in [0.05, 0.1) is 29.8 Å². The van der Waals surface area contributed by atoms with E-state index in [1.54, 1.807) is 36.4 Å². The summed E-state index contributed by atoms with van der Waals surface area (Å²) in [5.41, 5.74) is 2.40. The fourth-order valence-corrected chi connectivity index (χ4v) is 3.99. The number of hydrogen-bond donors (Lipinski definition) is 0. The SMILES string of the molecule is CCOC(=O)c1c(C(=O)c2ccccc2C)c2ccc3ccccc3n2c1C(=O)OCC. The van der Waals surface area contributed by atoms with Gasteiger partial charge in [-0.2, -0.15) is 0 Å². The minimum absolute atomic E-state index is 0.00552. The Morgan fingerprint density at radius 3 is 2.12 bits per heavy atom. The summed E-state index contributed by atoms with van der Waals surface area (Å²) in [6.45, 7) is 5.43. The number of aromatic nitrogens is 1. The number of fused-ring (bicyclic) bond motifs is 3. The average Bonchev–Trinajstić information content (AvgIpc) is 3.15. The van der Waals surface area contributed by atoms with Gasteiger partial charge in [-0.25, -0.2) is 9.59 Å². The lowest BCUT2D eigenvalue weighted by atomic mass is 9.96. The van der Waals surface area contributed by atoms with Gasteiger partial charge in [0, 0.05) is 5.56 Å². The van der Waals surface area contributed by atoms with Crippen LogP contribution in [0.3, 0.4) is 0 Å². The maximum absolute atomic E-state index is 13.8. The van der Waals surface area contributed by atoms with Crippen molar-refractivity contribution in [3.63, 3.8) is 0 Å². The van der Waals surface area contributed by atoms with Crippen LogP contribution in [0.1, 0.15) is 56.2 Å². The van der Waals surface area contributed by atoms with Gasteiger partial charge in [0.1, 0.15) is 11.3 Å². The first-order valence-electron chi connectivity index (χ1n) is 10.5. The first-order chi connectivity index (χ1) is 15.5. The Hall–Kier alpha value is -3.93. The third kappa shape index (κ3) is 3.43. The minimum atomic E-state index is -0.736. The first-order valence-corrected chi connectivity index (χ1v) is 10.5. The van der Waals surface area contributed by atoms with E-state index in [1.165, 1.54) is 0 Å². The van der Waals surface area contributed by atoms with Gasteiger partial charge >= 0.3 is 11.9 Å². The predicted octanol–water partition coefficient (Wildman–Crippen LogP) is 4.99. The summed E-state index contributed by atoms with van der Waals surface area (Å²) in [7, 11) is 0. The average molecular weight is 429 g/mol. The predicted molar refractivity (Wildman–Crippen MR) is 121 cm³/mol. The molecule has 4 rings (SSSR count). The van der Waals surface area contributed by atoms with Crippen LogP contribution in [0.4, 0.5) is 0 Å². The Morgan fingerprint density at radius 1 is 0.750 bits per heavy atom. The summed E-state index contributed by atoms with van der Waals surface area (Å²) in [4.78, 5) is 40.0. The Bertz CT molecular complexity index is 1370. The maximum Gasteiger partial charge on any atom is 0.356 e. The highest BCUT2D eigenvalue weighted by molar-refractivity contribution is 6.22. The van der Waals surface area contributed by atoms with Gasteiger partial charge in [-0.05, 0) is 43.9 Å². The first kappa shape index (κ1) is 21.3. The number of nitrogens with zero attached hydrogens (tertiary/aromatic N) is 1. The number of carbonyl (C=O) groups excluding carboxylic acids is 3. The van der Waals surface area contributed by atoms with E-state index in [-0.39, 0.29) is 35.8 Å². The van der Waals surface area contributed by atoms with E-state index < -0.39 is 11.9 Å². The van der Waals surface area contributed by atoms with Crippen molar-refractivity contribution in [2.24, 2.45) is 0 Å². The van der Waals surface area contributed by atoms with Gasteiger partial charge in [0.15, 0.2) is 5.78 Å². The Morgan fingerprint density at radius 2 is 1.41 bits per heavy atom. The fourth-order valence-electron chi connectivity index (χ4n) is 3.99. The molecule has 0 aliphatic rings. The molecule has 0 radical (unpaired) electrons. The van der Waals surface area contributed by atoms with Gasteiger partial charge in [-0.3, -0.25) is 4.79 Å². The topological polar surface area (TPSA) is 74.1 Å². The Kier molecular flexibility index (Phi) is 5.77. The van der Waals surface area contributed by atoms with Gasteiger partial charge in [0.25, 0.3) is 0 Å². The molecule has 2 heterocycles. The second-order valence-corrected chi connectivity index (χ2v) is 7.30. The molecular formula is C26H23NO5. The number of ether oxygens (including phenoxy) is 2. The van der Waals surface area contributed by atoms with Crippen molar-refractivity contribution in [1.82, 2.24) is 4.40 Å². The monoisotopic (exact) mass is 429 g/mol. The molecule has 162 valence electrons. The van der Waals surface area contributed by atoms with Gasteiger partial charge in [-0.1, -0.05) is 48.5 Å². The van der Waals surface area contributed by atoms with Gasteiger partial charge in [-0.15, -0.1) is 0 Å². The molecule has 6 nitrogen and oxygen atoms in total. The number of rotatable bonds is 6. The minimum Gasteiger partial charge on any atom is -0.462 e. The normalized spacial score (nSPS) is 11.0. The molecule has 0 aliphatic carbocycles. The highest BCUT2D eigenvalue weighted by atomic mass is 16.5. The molecule has 4 aromatic rings. The van der Waals surface area contributed by atoms with Crippen LogP contribution in [-0.4, -0.2) is 35.3 Å². The van der Waals surface area contributed by atoms with Crippen LogP contribution in [0.5, 0.6) is 0 Å². The lowest BCUT2D eigenvalue weighted by molar-refractivity contribution is 0.0473. The van der Waals surface area contributed by atoms with Crippen LogP contribution in [-0.2, 0) is 9.47 Å². The third-order valence-electron chi connectivity index (χ3n) is 5.37. The van der Waals surface area contributed by atoms with Crippen LogP contribution in [0.25, 0.3) is 16.4 Å². The van der Waals surface area contributed by atoms with Gasteiger partial charge < -0.3 is 13.9 Å². The zero-order valence-electron chi connectivity index (χ0n) is 18.2. The van der Waals surface area contributed by atoms with E-state index in [0.717, 1.165) is 10.9 Å². The molecule has 0 N–H and O–H groups in total. The summed E-state index contributed by atoms with van der Waals surface area (Å²) >= 11 is 0. The van der Waals surface area contributed by atoms with Crippen LogP contribution in [0, 0.1) is 6.92 Å². The fraction of sp³-hybridized carbons (Fsp3) is 0.192. The summed E-state index contributed by atoms with van der Waals surface area (Å²) < 4.78 is 12.2. The van der Waals surface area contributed by atoms with Crippen molar-refractivity contribution in [1.29, 1.82) is 0 Å². The highest BCUT2D eigenvalue weighted by Gasteiger charge is 2.34. The van der Waals surface area contributed by atoms with E-state index in [4.69, 9.17) is 9.47 Å². The standard InChI is InChI=1S/C26H23NO5/c1-4-31-25(29)22-21(24(28)18-12-8-6-10-16(18)3)20-15-14-17-11-7-9-13-19(17)27(20)23(22)26(30)32-5-2/h6-15H,4-5H2,1-3H3. The molecular weight excluding hydrogens is 406 g/mol. The lowest BCUT2D eigenvalue weighted by Gasteiger charge is -2.08. The molecule has 0 spiro atoms. The van der Waals surface area contributed by atoms with Crippen molar-refractivity contribution < 1.29 is 23.9 Å². The van der Waals surface area contributed by atoms with Crippen molar-refractivity contribution >= 4 is 34.1 Å². The van der Waals surface area contributed by atoms with Crippen LogP contribution in [0.15, 0.2) is 60.7 Å². The Labute approximate surface area is 185 Å². The Balaban J connectivity index is 2.17. The molecule has 0 atom stereocenters. The second kappa shape index (κ2) is 8.67. The van der Waals surface area contributed by atoms with Crippen molar-refractivity contribution in [3.05, 3.63) is 88.6 Å². The number of benzene rings is 2. The highest BCUT2D eigenvalue weighted by Crippen LogP contribution is 2.32. The number of pyridine rings is 1. The molecule has 0 unspecified atom stereocenters. The quantitative estimate of drug-likeness (QED) is 0.319. The van der Waals surface area contributed by atoms with Crippen LogP contribution < -0.4 is 0 Å². The number of esters is 2. The number of aryl methyl sites for hydroxylation is 1. The summed E-state index contributed by atoms with van der Waals surface area (Å²) in [5, 5.41) is 0.853. The van der Waals surface area contributed by atoms with E-state index in [2.05, 4.69) is 0 Å². The molecule has 2 aromatic carbocycles. The summed E-state index contributed by atoms with van der Waals surface area (Å²) in [5.74, 6) is -1.78. The summed E-state index contributed by atoms with van der Waals surface area (Å²) in [6.07, 6.45) is 0. The molecule has 6 heteroatoms. The molecule has 0 amide bonds. The molecule has 0 saturated carbocycles. The number of ketones is 1. The van der Waals surface area contributed by atoms with Gasteiger partial charge in [0.2, 0.25) is 0 Å². The third-order valence-corrected chi connectivity index (χ3v) is 5.37. The smallest absolute Gasteiger partial charge is 0.356 e.